The molecule has 0 heterocycles. The quantitative estimate of drug-likeness (QED) is 0.743. The Hall–Kier alpha value is -0.510. The molecule has 0 aliphatic heterocycles. The predicted molar refractivity (Wildman–Crippen MR) is 55.8 cm³/mol. The smallest absolute Gasteiger partial charge is 0.120 e. The van der Waals surface area contributed by atoms with Crippen LogP contribution in [0.2, 0.25) is 0 Å². The molecule has 0 aliphatic carbocycles. The number of benzene rings is 1. The highest BCUT2D eigenvalue weighted by atomic mass is 127. The molecule has 0 saturated carbocycles. The largest absolute Gasteiger partial charge is 0.497 e. The van der Waals surface area contributed by atoms with Crippen LogP contribution in [0.25, 0.3) is 6.08 Å². The van der Waals surface area contributed by atoms with Crippen LogP contribution in [0, 0.1) is 3.57 Å². The van der Waals surface area contributed by atoms with Crippen molar-refractivity contribution in [2.45, 2.75) is 0 Å². The third-order valence-electron chi connectivity index (χ3n) is 1.37. The number of rotatable bonds is 2. The molecule has 0 aromatic heterocycles. The number of ether oxygens (including phenoxy) is 1. The molecule has 11 heavy (non-hydrogen) atoms. The maximum atomic E-state index is 5.08. The van der Waals surface area contributed by atoms with Crippen molar-refractivity contribution in [3.63, 3.8) is 0 Å². The first-order chi connectivity index (χ1) is 5.26. The summed E-state index contributed by atoms with van der Waals surface area (Å²) in [6.45, 7) is 3.69. The van der Waals surface area contributed by atoms with Gasteiger partial charge >= 0.3 is 0 Å². The molecule has 0 bridgehead atoms. The van der Waals surface area contributed by atoms with E-state index in [1.165, 1.54) is 0 Å². The Balaban J connectivity index is 3.11. The monoisotopic (exact) mass is 260 g/mol. The van der Waals surface area contributed by atoms with Crippen molar-refractivity contribution < 1.29 is 4.74 Å². The first kappa shape index (κ1) is 8.59. The van der Waals surface area contributed by atoms with Gasteiger partial charge in [0.2, 0.25) is 0 Å². The van der Waals surface area contributed by atoms with E-state index < -0.39 is 0 Å². The number of methoxy groups -OCH3 is 1. The zero-order valence-electron chi connectivity index (χ0n) is 6.30. The Kier molecular flexibility index (Phi) is 2.93. The van der Waals surface area contributed by atoms with E-state index in [1.54, 1.807) is 7.11 Å². The Morgan fingerprint density at radius 3 is 2.73 bits per heavy atom. The van der Waals surface area contributed by atoms with Crippen LogP contribution < -0.4 is 4.74 Å². The van der Waals surface area contributed by atoms with E-state index in [2.05, 4.69) is 35.2 Å². The third-order valence-corrected chi connectivity index (χ3v) is 1.99. The van der Waals surface area contributed by atoms with Crippen LogP contribution in [-0.4, -0.2) is 7.11 Å². The molecule has 1 nitrogen and oxygen atoms in total. The topological polar surface area (TPSA) is 9.23 Å². The molecule has 0 fully saturated rings. The Labute approximate surface area is 80.2 Å². The maximum Gasteiger partial charge on any atom is 0.120 e. The zero-order valence-corrected chi connectivity index (χ0v) is 8.46. The van der Waals surface area contributed by atoms with E-state index in [9.17, 15) is 0 Å². The van der Waals surface area contributed by atoms with Crippen LogP contribution in [0.1, 0.15) is 5.56 Å². The summed E-state index contributed by atoms with van der Waals surface area (Å²) < 4.78 is 6.25. The van der Waals surface area contributed by atoms with Gasteiger partial charge in [-0.1, -0.05) is 12.7 Å². The predicted octanol–water partition coefficient (Wildman–Crippen LogP) is 2.94. The molecule has 0 saturated heterocycles. The van der Waals surface area contributed by atoms with Crippen molar-refractivity contribution in [3.05, 3.63) is 33.9 Å². The summed E-state index contributed by atoms with van der Waals surface area (Å²) >= 11 is 2.25. The molecule has 1 aromatic rings. The van der Waals surface area contributed by atoms with Crippen LogP contribution in [0.3, 0.4) is 0 Å². The van der Waals surface area contributed by atoms with Crippen molar-refractivity contribution in [2.24, 2.45) is 0 Å². The minimum Gasteiger partial charge on any atom is -0.497 e. The SMILES string of the molecule is C=Cc1cc(I)cc(OC)c1. The molecule has 1 rings (SSSR count). The lowest BCUT2D eigenvalue weighted by Gasteiger charge is -2.01. The highest BCUT2D eigenvalue weighted by Crippen LogP contribution is 2.18. The van der Waals surface area contributed by atoms with Gasteiger partial charge < -0.3 is 4.74 Å². The molecule has 1 aromatic carbocycles. The first-order valence-electron chi connectivity index (χ1n) is 3.23. The number of hydrogen-bond acceptors (Lipinski definition) is 1. The van der Waals surface area contributed by atoms with Crippen molar-refractivity contribution in [1.29, 1.82) is 0 Å². The number of hydrogen-bond donors (Lipinski definition) is 0. The van der Waals surface area contributed by atoms with Gasteiger partial charge in [0.05, 0.1) is 7.11 Å². The summed E-state index contributed by atoms with van der Waals surface area (Å²) in [4.78, 5) is 0. The minimum absolute atomic E-state index is 0.881. The fourth-order valence-corrected chi connectivity index (χ4v) is 1.49. The maximum absolute atomic E-state index is 5.08. The van der Waals surface area contributed by atoms with Gasteiger partial charge in [-0.15, -0.1) is 0 Å². The van der Waals surface area contributed by atoms with Gasteiger partial charge in [0, 0.05) is 3.57 Å². The van der Waals surface area contributed by atoms with E-state index in [0.29, 0.717) is 0 Å². The Morgan fingerprint density at radius 1 is 1.45 bits per heavy atom. The fraction of sp³-hybridized carbons (Fsp3) is 0.111. The van der Waals surface area contributed by atoms with Crippen LogP contribution in [0.4, 0.5) is 0 Å². The minimum atomic E-state index is 0.881. The van der Waals surface area contributed by atoms with Gasteiger partial charge in [0.1, 0.15) is 5.75 Å². The van der Waals surface area contributed by atoms with Gasteiger partial charge in [-0.2, -0.15) is 0 Å². The van der Waals surface area contributed by atoms with Crippen LogP contribution in [0.5, 0.6) is 5.75 Å². The van der Waals surface area contributed by atoms with Gasteiger partial charge in [-0.25, -0.2) is 0 Å². The average Bonchev–Trinajstić information content (AvgIpc) is 2.03. The number of halogens is 1. The van der Waals surface area contributed by atoms with Crippen LogP contribution in [0.15, 0.2) is 24.8 Å². The average molecular weight is 260 g/mol. The zero-order chi connectivity index (χ0) is 8.27. The van der Waals surface area contributed by atoms with E-state index in [4.69, 9.17) is 4.74 Å². The normalized spacial score (nSPS) is 9.27. The second kappa shape index (κ2) is 3.76. The second-order valence-corrected chi connectivity index (χ2v) is 3.37. The van der Waals surface area contributed by atoms with Gasteiger partial charge in [0.15, 0.2) is 0 Å². The summed E-state index contributed by atoms with van der Waals surface area (Å²) in [5.74, 6) is 0.881. The van der Waals surface area contributed by atoms with E-state index >= 15 is 0 Å². The fourth-order valence-electron chi connectivity index (χ4n) is 0.820. The molecule has 0 atom stereocenters. The first-order valence-corrected chi connectivity index (χ1v) is 4.31. The summed E-state index contributed by atoms with van der Waals surface area (Å²) in [5, 5.41) is 0. The van der Waals surface area contributed by atoms with Gasteiger partial charge in [-0.3, -0.25) is 0 Å². The van der Waals surface area contributed by atoms with Gasteiger partial charge in [0.25, 0.3) is 0 Å². The molecule has 2 heteroatoms. The van der Waals surface area contributed by atoms with Crippen LogP contribution in [-0.2, 0) is 0 Å². The molecule has 0 unspecified atom stereocenters. The van der Waals surface area contributed by atoms with Crippen molar-refractivity contribution in [1.82, 2.24) is 0 Å². The molecule has 0 aliphatic rings. The molecule has 58 valence electrons. The molecular weight excluding hydrogens is 251 g/mol. The van der Waals surface area contributed by atoms with E-state index in [1.807, 2.05) is 18.2 Å². The Morgan fingerprint density at radius 2 is 2.18 bits per heavy atom. The lowest BCUT2D eigenvalue weighted by molar-refractivity contribution is 0.414. The highest BCUT2D eigenvalue weighted by molar-refractivity contribution is 14.1. The van der Waals surface area contributed by atoms with Crippen molar-refractivity contribution in [3.8, 4) is 5.75 Å². The van der Waals surface area contributed by atoms with Crippen molar-refractivity contribution >= 4 is 28.7 Å². The third kappa shape index (κ3) is 2.22. The lowest BCUT2D eigenvalue weighted by atomic mass is 10.2. The standard InChI is InChI=1S/C9H9IO/c1-3-7-4-8(10)6-9(5-7)11-2/h3-6H,1H2,2H3. The van der Waals surface area contributed by atoms with E-state index in [-0.39, 0.29) is 0 Å². The highest BCUT2D eigenvalue weighted by Gasteiger charge is 1.94. The summed E-state index contributed by atoms with van der Waals surface area (Å²) in [5.41, 5.74) is 1.09. The van der Waals surface area contributed by atoms with Crippen molar-refractivity contribution in [2.75, 3.05) is 7.11 Å². The summed E-state index contributed by atoms with van der Waals surface area (Å²) in [7, 11) is 1.66. The van der Waals surface area contributed by atoms with Gasteiger partial charge in [-0.05, 0) is 46.4 Å². The molecule has 0 amide bonds. The Bertz CT molecular complexity index is 268. The molecular formula is C9H9IO. The summed E-state index contributed by atoms with van der Waals surface area (Å²) in [6, 6.07) is 5.98. The lowest BCUT2D eigenvalue weighted by Crippen LogP contribution is -1.84. The van der Waals surface area contributed by atoms with E-state index in [0.717, 1.165) is 14.9 Å². The van der Waals surface area contributed by atoms with Crippen LogP contribution >= 0.6 is 22.6 Å². The molecule has 0 radical (unpaired) electrons. The second-order valence-electron chi connectivity index (χ2n) is 2.13. The summed E-state index contributed by atoms with van der Waals surface area (Å²) in [6.07, 6.45) is 1.81. The molecule has 0 spiro atoms. The molecule has 0 N–H and O–H groups in total.